The van der Waals surface area contributed by atoms with Crippen LogP contribution in [0.1, 0.15) is 31.3 Å². The first-order valence-electron chi connectivity index (χ1n) is 7.95. The molecule has 116 valence electrons. The zero-order valence-corrected chi connectivity index (χ0v) is 13.3. The lowest BCUT2D eigenvalue weighted by molar-refractivity contribution is 0.444. The van der Waals surface area contributed by atoms with Crippen molar-refractivity contribution in [2.75, 3.05) is 23.3 Å². The Morgan fingerprint density at radius 3 is 3.00 bits per heavy atom. The molecule has 2 aromatic heterocycles. The van der Waals surface area contributed by atoms with Gasteiger partial charge in [0.1, 0.15) is 17.5 Å². The Hall–Kier alpha value is -2.17. The topological polar surface area (TPSA) is 53.9 Å². The van der Waals surface area contributed by atoms with E-state index in [0.717, 1.165) is 42.2 Å². The molecule has 3 heterocycles. The number of piperidine rings is 1. The molecule has 5 heteroatoms. The van der Waals surface area contributed by atoms with E-state index in [9.17, 15) is 0 Å². The van der Waals surface area contributed by atoms with E-state index in [4.69, 9.17) is 0 Å². The first kappa shape index (κ1) is 14.8. The van der Waals surface area contributed by atoms with Crippen molar-refractivity contribution in [1.29, 1.82) is 0 Å². The summed E-state index contributed by atoms with van der Waals surface area (Å²) in [4.78, 5) is 15.8. The van der Waals surface area contributed by atoms with Gasteiger partial charge < -0.3 is 10.2 Å². The molecule has 0 spiro atoms. The molecule has 1 fully saturated rings. The molecule has 5 nitrogen and oxygen atoms in total. The molecule has 22 heavy (non-hydrogen) atoms. The van der Waals surface area contributed by atoms with Crippen LogP contribution in [-0.2, 0) is 6.54 Å². The Balaban J connectivity index is 1.72. The average molecular weight is 297 g/mol. The Labute approximate surface area is 131 Å². The molecule has 0 amide bonds. The van der Waals surface area contributed by atoms with E-state index in [-0.39, 0.29) is 0 Å². The molecule has 0 radical (unpaired) electrons. The van der Waals surface area contributed by atoms with Gasteiger partial charge in [-0.1, -0.05) is 13.0 Å². The summed E-state index contributed by atoms with van der Waals surface area (Å²) in [5.74, 6) is 3.43. The summed E-state index contributed by atoms with van der Waals surface area (Å²) in [6, 6.07) is 7.98. The highest BCUT2D eigenvalue weighted by atomic mass is 15.2. The van der Waals surface area contributed by atoms with Crippen LogP contribution in [-0.4, -0.2) is 28.0 Å². The summed E-state index contributed by atoms with van der Waals surface area (Å²) < 4.78 is 0. The van der Waals surface area contributed by atoms with Gasteiger partial charge in [0.15, 0.2) is 0 Å². The third-order valence-electron chi connectivity index (χ3n) is 3.98. The van der Waals surface area contributed by atoms with Gasteiger partial charge in [0.2, 0.25) is 0 Å². The van der Waals surface area contributed by atoms with Crippen LogP contribution in [0.4, 0.5) is 11.6 Å². The Bertz CT molecular complexity index is 614. The highest BCUT2D eigenvalue weighted by Crippen LogP contribution is 2.23. The second kappa shape index (κ2) is 6.73. The van der Waals surface area contributed by atoms with Crippen molar-refractivity contribution in [3.05, 3.63) is 42.0 Å². The summed E-state index contributed by atoms with van der Waals surface area (Å²) in [6.45, 7) is 7.09. The molecule has 0 saturated carbocycles. The zero-order chi connectivity index (χ0) is 15.4. The van der Waals surface area contributed by atoms with Crippen LogP contribution < -0.4 is 10.2 Å². The van der Waals surface area contributed by atoms with Crippen molar-refractivity contribution >= 4 is 11.6 Å². The molecule has 0 aliphatic carbocycles. The van der Waals surface area contributed by atoms with Crippen LogP contribution in [0.25, 0.3) is 0 Å². The van der Waals surface area contributed by atoms with Crippen molar-refractivity contribution in [3.63, 3.8) is 0 Å². The van der Waals surface area contributed by atoms with Gasteiger partial charge in [0.25, 0.3) is 0 Å². The van der Waals surface area contributed by atoms with Crippen LogP contribution in [0, 0.1) is 12.8 Å². The predicted molar refractivity (Wildman–Crippen MR) is 88.9 cm³/mol. The molecular formula is C17H23N5. The lowest BCUT2D eigenvalue weighted by atomic mass is 10.0. The van der Waals surface area contributed by atoms with E-state index in [1.807, 2.05) is 37.4 Å². The van der Waals surface area contributed by atoms with Gasteiger partial charge in [-0.05, 0) is 37.8 Å². The lowest BCUT2D eigenvalue weighted by Crippen LogP contribution is -2.35. The molecule has 1 N–H and O–H groups in total. The predicted octanol–water partition coefficient (Wildman–Crippen LogP) is 3.03. The van der Waals surface area contributed by atoms with Gasteiger partial charge in [-0.2, -0.15) is 0 Å². The van der Waals surface area contributed by atoms with Crippen LogP contribution in [0.15, 0.2) is 30.5 Å². The fourth-order valence-corrected chi connectivity index (χ4v) is 2.89. The van der Waals surface area contributed by atoms with Crippen LogP contribution >= 0.6 is 0 Å². The number of hydrogen-bond donors (Lipinski definition) is 1. The Morgan fingerprint density at radius 2 is 2.23 bits per heavy atom. The highest BCUT2D eigenvalue weighted by Gasteiger charge is 2.18. The quantitative estimate of drug-likeness (QED) is 0.940. The largest absolute Gasteiger partial charge is 0.364 e. The molecule has 1 atom stereocenters. The summed E-state index contributed by atoms with van der Waals surface area (Å²) in [6.07, 6.45) is 4.36. The van der Waals surface area contributed by atoms with Crippen molar-refractivity contribution in [2.24, 2.45) is 5.92 Å². The Kier molecular flexibility index (Phi) is 4.51. The molecule has 0 bridgehead atoms. The number of rotatable bonds is 4. The summed E-state index contributed by atoms with van der Waals surface area (Å²) in [7, 11) is 0. The number of hydrogen-bond acceptors (Lipinski definition) is 5. The molecule has 1 aliphatic rings. The fourth-order valence-electron chi connectivity index (χ4n) is 2.89. The normalized spacial score (nSPS) is 18.3. The summed E-state index contributed by atoms with van der Waals surface area (Å²) in [5, 5.41) is 3.35. The minimum Gasteiger partial charge on any atom is -0.364 e. The smallest absolute Gasteiger partial charge is 0.134 e. The van der Waals surface area contributed by atoms with Crippen molar-refractivity contribution in [1.82, 2.24) is 15.0 Å². The first-order valence-corrected chi connectivity index (χ1v) is 7.95. The van der Waals surface area contributed by atoms with E-state index in [0.29, 0.717) is 6.54 Å². The third kappa shape index (κ3) is 3.72. The number of nitrogens with zero attached hydrogens (tertiary/aromatic N) is 4. The van der Waals surface area contributed by atoms with Crippen LogP contribution in [0.3, 0.4) is 0 Å². The molecule has 1 aliphatic heterocycles. The minimum atomic E-state index is 0.674. The number of aryl methyl sites for hydroxylation is 1. The average Bonchev–Trinajstić information content (AvgIpc) is 2.53. The van der Waals surface area contributed by atoms with Gasteiger partial charge in [0, 0.05) is 25.4 Å². The van der Waals surface area contributed by atoms with Gasteiger partial charge in [-0.3, -0.25) is 4.98 Å². The molecule has 0 aromatic carbocycles. The second-order valence-electron chi connectivity index (χ2n) is 6.03. The SMILES string of the molecule is Cc1nc(NCc2ccccn2)cc(N2CCCC(C)C2)n1. The van der Waals surface area contributed by atoms with Crippen molar-refractivity contribution in [2.45, 2.75) is 33.2 Å². The number of nitrogens with one attached hydrogen (secondary N) is 1. The van der Waals surface area contributed by atoms with Gasteiger partial charge in [0.05, 0.1) is 12.2 Å². The maximum Gasteiger partial charge on any atom is 0.134 e. The molecule has 2 aromatic rings. The fraction of sp³-hybridized carbons (Fsp3) is 0.471. The van der Waals surface area contributed by atoms with Gasteiger partial charge in [-0.25, -0.2) is 9.97 Å². The minimum absolute atomic E-state index is 0.674. The van der Waals surface area contributed by atoms with Crippen molar-refractivity contribution in [3.8, 4) is 0 Å². The zero-order valence-electron chi connectivity index (χ0n) is 13.3. The number of anilines is 2. The van der Waals surface area contributed by atoms with Crippen LogP contribution in [0.5, 0.6) is 0 Å². The van der Waals surface area contributed by atoms with E-state index >= 15 is 0 Å². The van der Waals surface area contributed by atoms with Crippen molar-refractivity contribution < 1.29 is 0 Å². The van der Waals surface area contributed by atoms with Crippen LogP contribution in [0.2, 0.25) is 0 Å². The molecule has 3 rings (SSSR count). The molecule has 1 unspecified atom stereocenters. The molecule has 1 saturated heterocycles. The first-order chi connectivity index (χ1) is 10.7. The number of aromatic nitrogens is 3. The standard InChI is InChI=1S/C17H23N5/c1-13-6-5-9-22(12-13)17-10-16(20-14(2)21-17)19-11-15-7-3-4-8-18-15/h3-4,7-8,10,13H,5-6,9,11-12H2,1-2H3,(H,19,20,21). The van der Waals surface area contributed by atoms with E-state index in [1.165, 1.54) is 12.8 Å². The van der Waals surface area contributed by atoms with E-state index < -0.39 is 0 Å². The Morgan fingerprint density at radius 1 is 1.32 bits per heavy atom. The van der Waals surface area contributed by atoms with Gasteiger partial charge in [-0.15, -0.1) is 0 Å². The monoisotopic (exact) mass is 297 g/mol. The lowest BCUT2D eigenvalue weighted by Gasteiger charge is -2.32. The number of pyridine rings is 1. The summed E-state index contributed by atoms with van der Waals surface area (Å²) >= 11 is 0. The maximum atomic E-state index is 4.61. The van der Waals surface area contributed by atoms with E-state index in [2.05, 4.69) is 32.1 Å². The second-order valence-corrected chi connectivity index (χ2v) is 6.03. The summed E-state index contributed by atoms with van der Waals surface area (Å²) in [5.41, 5.74) is 1.01. The van der Waals surface area contributed by atoms with E-state index in [1.54, 1.807) is 0 Å². The van der Waals surface area contributed by atoms with Gasteiger partial charge >= 0.3 is 0 Å². The highest BCUT2D eigenvalue weighted by molar-refractivity contribution is 5.49. The molecular weight excluding hydrogens is 274 g/mol. The third-order valence-corrected chi connectivity index (χ3v) is 3.98. The maximum absolute atomic E-state index is 4.61.